The predicted octanol–water partition coefficient (Wildman–Crippen LogP) is 5.18. The summed E-state index contributed by atoms with van der Waals surface area (Å²) in [4.78, 5) is 13.3. The van der Waals surface area contributed by atoms with Crippen LogP contribution in [0.1, 0.15) is 48.9 Å². The van der Waals surface area contributed by atoms with Crippen molar-refractivity contribution in [3.63, 3.8) is 0 Å². The van der Waals surface area contributed by atoms with Crippen molar-refractivity contribution >= 4 is 5.78 Å². The Bertz CT molecular complexity index is 969. The van der Waals surface area contributed by atoms with E-state index in [0.717, 1.165) is 36.8 Å². The van der Waals surface area contributed by atoms with Crippen LogP contribution in [-0.2, 0) is 0 Å². The summed E-state index contributed by atoms with van der Waals surface area (Å²) in [6.07, 6.45) is 4.79. The van der Waals surface area contributed by atoms with Crippen molar-refractivity contribution in [1.82, 2.24) is 0 Å². The molecule has 2 aliphatic rings. The third-order valence-corrected chi connectivity index (χ3v) is 6.22. The van der Waals surface area contributed by atoms with E-state index in [0.29, 0.717) is 35.7 Å². The number of hydrogen-bond donors (Lipinski definition) is 0. The molecular formula is C24H25NO4. The minimum Gasteiger partial charge on any atom is -0.493 e. The molecule has 1 heterocycles. The van der Waals surface area contributed by atoms with Crippen molar-refractivity contribution in [2.75, 3.05) is 14.2 Å². The molecule has 29 heavy (non-hydrogen) atoms. The summed E-state index contributed by atoms with van der Waals surface area (Å²) < 4.78 is 17.3. The van der Waals surface area contributed by atoms with E-state index in [4.69, 9.17) is 19.5 Å². The molecule has 2 aromatic rings. The molecule has 150 valence electrons. The van der Waals surface area contributed by atoms with Gasteiger partial charge in [-0.25, -0.2) is 0 Å². The van der Waals surface area contributed by atoms with Crippen LogP contribution < -0.4 is 14.2 Å². The average molecular weight is 391 g/mol. The predicted molar refractivity (Wildman–Crippen MR) is 109 cm³/mol. The monoisotopic (exact) mass is 391 g/mol. The molecule has 0 N–H and O–H groups in total. The van der Waals surface area contributed by atoms with Crippen molar-refractivity contribution in [2.24, 2.45) is 5.92 Å². The third-order valence-electron chi connectivity index (χ3n) is 6.22. The van der Waals surface area contributed by atoms with Crippen LogP contribution in [0.25, 0.3) is 11.1 Å². The maximum atomic E-state index is 13.3. The Morgan fingerprint density at radius 3 is 2.45 bits per heavy atom. The van der Waals surface area contributed by atoms with Crippen LogP contribution in [0.5, 0.6) is 17.2 Å². The van der Waals surface area contributed by atoms with Crippen molar-refractivity contribution in [3.8, 4) is 34.4 Å². The zero-order chi connectivity index (χ0) is 20.4. The Balaban J connectivity index is 1.73. The Morgan fingerprint density at radius 1 is 1.07 bits per heavy atom. The zero-order valence-corrected chi connectivity index (χ0v) is 16.9. The van der Waals surface area contributed by atoms with Gasteiger partial charge in [0, 0.05) is 6.42 Å². The van der Waals surface area contributed by atoms with Crippen LogP contribution in [0.2, 0.25) is 0 Å². The van der Waals surface area contributed by atoms with Crippen molar-refractivity contribution in [1.29, 1.82) is 5.26 Å². The van der Waals surface area contributed by atoms with Gasteiger partial charge in [0.25, 0.3) is 0 Å². The highest BCUT2D eigenvalue weighted by Gasteiger charge is 2.50. The van der Waals surface area contributed by atoms with Gasteiger partial charge in [0.1, 0.15) is 11.4 Å². The third kappa shape index (κ3) is 3.33. The van der Waals surface area contributed by atoms with Crippen LogP contribution in [0.3, 0.4) is 0 Å². The zero-order valence-electron chi connectivity index (χ0n) is 16.9. The summed E-state index contributed by atoms with van der Waals surface area (Å²) >= 11 is 0. The molecule has 0 amide bonds. The average Bonchev–Trinajstić information content (AvgIpc) is 3.21. The van der Waals surface area contributed by atoms with E-state index in [2.05, 4.69) is 6.07 Å². The summed E-state index contributed by atoms with van der Waals surface area (Å²) in [6, 6.07) is 13.7. The van der Waals surface area contributed by atoms with E-state index in [-0.39, 0.29) is 11.7 Å². The fourth-order valence-electron chi connectivity index (χ4n) is 4.75. The lowest BCUT2D eigenvalue weighted by Gasteiger charge is -2.41. The highest BCUT2D eigenvalue weighted by atomic mass is 16.5. The minimum absolute atomic E-state index is 0.113. The van der Waals surface area contributed by atoms with E-state index in [1.807, 2.05) is 36.4 Å². The van der Waals surface area contributed by atoms with E-state index in [1.54, 1.807) is 14.2 Å². The topological polar surface area (TPSA) is 68.5 Å². The molecule has 0 bridgehead atoms. The van der Waals surface area contributed by atoms with Gasteiger partial charge in [-0.3, -0.25) is 4.79 Å². The van der Waals surface area contributed by atoms with Crippen LogP contribution in [0.4, 0.5) is 0 Å². The first-order valence-corrected chi connectivity index (χ1v) is 10.1. The number of Topliss-reactive ketones (excluding diaryl/α,β-unsaturated/α-hetero) is 1. The molecule has 5 nitrogen and oxygen atoms in total. The van der Waals surface area contributed by atoms with Crippen molar-refractivity contribution < 1.29 is 19.0 Å². The van der Waals surface area contributed by atoms with Crippen LogP contribution >= 0.6 is 0 Å². The number of methoxy groups -OCH3 is 2. The lowest BCUT2D eigenvalue weighted by molar-refractivity contribution is 0.00319. The van der Waals surface area contributed by atoms with Gasteiger partial charge < -0.3 is 14.2 Å². The molecule has 4 rings (SSSR count). The molecule has 1 spiro atoms. The highest BCUT2D eigenvalue weighted by Crippen LogP contribution is 2.48. The molecule has 0 saturated heterocycles. The maximum absolute atomic E-state index is 13.3. The molecule has 2 aromatic carbocycles. The molecule has 1 fully saturated rings. The van der Waals surface area contributed by atoms with Crippen molar-refractivity contribution in [2.45, 2.75) is 44.1 Å². The van der Waals surface area contributed by atoms with E-state index in [9.17, 15) is 4.79 Å². The first kappa shape index (κ1) is 19.3. The molecule has 0 radical (unpaired) electrons. The molecule has 5 heteroatoms. The fourth-order valence-corrected chi connectivity index (χ4v) is 4.75. The largest absolute Gasteiger partial charge is 0.493 e. The van der Waals surface area contributed by atoms with Crippen LogP contribution in [-0.4, -0.2) is 25.6 Å². The summed E-state index contributed by atoms with van der Waals surface area (Å²) in [6.45, 7) is 0. The summed E-state index contributed by atoms with van der Waals surface area (Å²) in [5.74, 6) is 1.86. The van der Waals surface area contributed by atoms with Crippen molar-refractivity contribution in [3.05, 3.63) is 42.0 Å². The minimum atomic E-state index is -0.461. The molecular weight excluding hydrogens is 366 g/mol. The van der Waals surface area contributed by atoms with Gasteiger partial charge in [0.05, 0.1) is 31.8 Å². The second kappa shape index (κ2) is 7.79. The number of rotatable bonds is 5. The van der Waals surface area contributed by atoms with Gasteiger partial charge in [0.2, 0.25) is 0 Å². The second-order valence-corrected chi connectivity index (χ2v) is 7.77. The highest BCUT2D eigenvalue weighted by molar-refractivity contribution is 6.02. The normalized spacial score (nSPS) is 19.3. The first-order valence-electron chi connectivity index (χ1n) is 10.1. The number of carbonyl (C=O) groups is 1. The smallest absolute Gasteiger partial charge is 0.173 e. The molecule has 1 atom stereocenters. The van der Waals surface area contributed by atoms with Gasteiger partial charge in [0.15, 0.2) is 17.3 Å². The second-order valence-electron chi connectivity index (χ2n) is 7.77. The number of carbonyl (C=O) groups excluding carboxylic acids is 1. The lowest BCUT2D eigenvalue weighted by Crippen LogP contribution is -2.48. The molecule has 1 unspecified atom stereocenters. The number of nitriles is 1. The first-order chi connectivity index (χ1) is 14.1. The van der Waals surface area contributed by atoms with Crippen LogP contribution in [0, 0.1) is 17.2 Å². The molecule has 0 aromatic heterocycles. The Labute approximate surface area is 171 Å². The van der Waals surface area contributed by atoms with Crippen LogP contribution in [0.15, 0.2) is 36.4 Å². The van der Waals surface area contributed by atoms with Gasteiger partial charge in [-0.2, -0.15) is 5.26 Å². The molecule has 1 aliphatic carbocycles. The molecule has 1 aliphatic heterocycles. The summed E-state index contributed by atoms with van der Waals surface area (Å²) in [7, 11) is 3.22. The maximum Gasteiger partial charge on any atom is 0.173 e. The Hall–Kier alpha value is -3.00. The number of ether oxygens (including phenoxy) is 3. The Kier molecular flexibility index (Phi) is 5.19. The van der Waals surface area contributed by atoms with Gasteiger partial charge >= 0.3 is 0 Å². The van der Waals surface area contributed by atoms with E-state index in [1.165, 1.54) is 0 Å². The standard InChI is InChI=1S/C24H25NO4/c1-27-20-10-8-17(15-22(20)28-2)16-7-9-18-21(14-16)29-24(11-3-4-12-24)19(23(18)26)6-5-13-25/h7-10,14-15,19H,3-6,11-12H2,1-2H3. The summed E-state index contributed by atoms with van der Waals surface area (Å²) in [5, 5.41) is 9.03. The number of fused-ring (bicyclic) bond motifs is 1. The van der Waals surface area contributed by atoms with Gasteiger partial charge in [-0.05, 0) is 67.5 Å². The number of hydrogen-bond acceptors (Lipinski definition) is 5. The van der Waals surface area contributed by atoms with Gasteiger partial charge in [-0.15, -0.1) is 0 Å². The quantitative estimate of drug-likeness (QED) is 0.702. The van der Waals surface area contributed by atoms with Gasteiger partial charge in [-0.1, -0.05) is 12.1 Å². The lowest BCUT2D eigenvalue weighted by atomic mass is 9.75. The number of nitrogens with zero attached hydrogens (tertiary/aromatic N) is 1. The Morgan fingerprint density at radius 2 is 1.76 bits per heavy atom. The number of ketones is 1. The SMILES string of the molecule is COc1ccc(-c2ccc3c(c2)OC2(CCCC2)C(CCC#N)C3=O)cc1OC. The summed E-state index contributed by atoms with van der Waals surface area (Å²) in [5.41, 5.74) is 2.08. The number of benzene rings is 2. The molecule has 1 saturated carbocycles. The van der Waals surface area contributed by atoms with E-state index >= 15 is 0 Å². The van der Waals surface area contributed by atoms with E-state index < -0.39 is 5.60 Å². The fraction of sp³-hybridized carbons (Fsp3) is 0.417.